The average Bonchev–Trinajstić information content (AvgIpc) is 2.94. The largest absolute Gasteiger partial charge is 0.480 e. The van der Waals surface area contributed by atoms with Crippen LogP contribution in [0.25, 0.3) is 10.9 Å². The van der Waals surface area contributed by atoms with Crippen LogP contribution in [0.1, 0.15) is 26.2 Å². The Bertz CT molecular complexity index is 984. The molecule has 0 saturated carbocycles. The molecule has 1 saturated heterocycles. The van der Waals surface area contributed by atoms with E-state index < -0.39 is 5.97 Å². The van der Waals surface area contributed by atoms with Crippen LogP contribution < -0.4 is 5.43 Å². The third kappa shape index (κ3) is 4.82. The number of para-hydroxylation sites is 1. The van der Waals surface area contributed by atoms with Gasteiger partial charge in [0.1, 0.15) is 13.1 Å². The third-order valence-electron chi connectivity index (χ3n) is 5.39. The molecule has 0 bridgehead atoms. The van der Waals surface area contributed by atoms with Crippen LogP contribution in [0.3, 0.4) is 0 Å². The first-order chi connectivity index (χ1) is 13.9. The molecule has 154 valence electrons. The minimum Gasteiger partial charge on any atom is -0.480 e. The van der Waals surface area contributed by atoms with Gasteiger partial charge in [0.15, 0.2) is 5.43 Å². The van der Waals surface area contributed by atoms with Crippen LogP contribution in [0.2, 0.25) is 0 Å². The SMILES string of the molecule is CC(=O)N(CC(=O)O)C1CCCN(C(=O)Cn2ccc(=O)c3ccccc32)CC1. The number of carbonyl (C=O) groups is 3. The van der Waals surface area contributed by atoms with E-state index in [0.717, 1.165) is 0 Å². The van der Waals surface area contributed by atoms with E-state index in [-0.39, 0.29) is 36.4 Å². The molecule has 2 amide bonds. The minimum atomic E-state index is -1.04. The summed E-state index contributed by atoms with van der Waals surface area (Å²) in [6, 6.07) is 8.47. The van der Waals surface area contributed by atoms with Crippen LogP contribution in [0.4, 0.5) is 0 Å². The van der Waals surface area contributed by atoms with Gasteiger partial charge in [0.25, 0.3) is 0 Å². The Balaban J connectivity index is 1.70. The molecule has 0 aliphatic carbocycles. The molecule has 1 atom stereocenters. The van der Waals surface area contributed by atoms with Crippen LogP contribution in [0, 0.1) is 0 Å². The molecular formula is C21H25N3O5. The Kier molecular flexibility index (Phi) is 6.31. The van der Waals surface area contributed by atoms with Gasteiger partial charge in [-0.2, -0.15) is 0 Å². The number of nitrogens with zero attached hydrogens (tertiary/aromatic N) is 3. The van der Waals surface area contributed by atoms with Crippen molar-refractivity contribution in [2.75, 3.05) is 19.6 Å². The van der Waals surface area contributed by atoms with E-state index in [1.165, 1.54) is 17.9 Å². The summed E-state index contributed by atoms with van der Waals surface area (Å²) in [7, 11) is 0. The molecule has 0 radical (unpaired) electrons. The van der Waals surface area contributed by atoms with E-state index in [9.17, 15) is 19.2 Å². The highest BCUT2D eigenvalue weighted by Gasteiger charge is 2.27. The van der Waals surface area contributed by atoms with Gasteiger partial charge in [-0.15, -0.1) is 0 Å². The molecule has 8 heteroatoms. The maximum Gasteiger partial charge on any atom is 0.323 e. The molecule has 2 aromatic rings. The Morgan fingerprint density at radius 3 is 2.62 bits per heavy atom. The summed E-state index contributed by atoms with van der Waals surface area (Å²) in [5.74, 6) is -1.37. The highest BCUT2D eigenvalue weighted by molar-refractivity contribution is 5.82. The fraction of sp³-hybridized carbons (Fsp3) is 0.429. The lowest BCUT2D eigenvalue weighted by Crippen LogP contribution is -2.43. The number of aliphatic carboxylic acids is 1. The molecule has 0 spiro atoms. The van der Waals surface area contributed by atoms with Gasteiger partial charge in [-0.05, 0) is 31.4 Å². The molecule has 29 heavy (non-hydrogen) atoms. The van der Waals surface area contributed by atoms with Crippen molar-refractivity contribution in [1.29, 1.82) is 0 Å². The normalized spacial score (nSPS) is 17.0. The number of fused-ring (bicyclic) bond motifs is 1. The number of hydrogen-bond donors (Lipinski definition) is 1. The van der Waals surface area contributed by atoms with Crippen LogP contribution in [-0.2, 0) is 20.9 Å². The second kappa shape index (κ2) is 8.89. The number of rotatable bonds is 5. The Hall–Kier alpha value is -3.16. The van der Waals surface area contributed by atoms with Crippen LogP contribution in [-0.4, -0.2) is 62.9 Å². The second-order valence-electron chi connectivity index (χ2n) is 7.33. The van der Waals surface area contributed by atoms with Gasteiger partial charge < -0.3 is 19.5 Å². The number of amides is 2. The number of carboxylic acid groups (broad SMARTS) is 1. The predicted molar refractivity (Wildman–Crippen MR) is 107 cm³/mol. The number of carboxylic acids is 1. The number of pyridine rings is 1. The highest BCUT2D eigenvalue weighted by atomic mass is 16.4. The van der Waals surface area contributed by atoms with Crippen LogP contribution in [0.5, 0.6) is 0 Å². The maximum atomic E-state index is 12.9. The van der Waals surface area contributed by atoms with Crippen molar-refractivity contribution in [1.82, 2.24) is 14.4 Å². The van der Waals surface area contributed by atoms with E-state index in [0.29, 0.717) is 43.3 Å². The molecule has 8 nitrogen and oxygen atoms in total. The first kappa shape index (κ1) is 20.6. The van der Waals surface area contributed by atoms with Crippen molar-refractivity contribution in [2.24, 2.45) is 0 Å². The quantitative estimate of drug-likeness (QED) is 0.817. The fourth-order valence-electron chi connectivity index (χ4n) is 3.93. The predicted octanol–water partition coefficient (Wildman–Crippen LogP) is 1.32. The summed E-state index contributed by atoms with van der Waals surface area (Å²) in [4.78, 5) is 51.0. The highest BCUT2D eigenvalue weighted by Crippen LogP contribution is 2.18. The van der Waals surface area contributed by atoms with Crippen molar-refractivity contribution in [2.45, 2.75) is 38.8 Å². The zero-order chi connectivity index (χ0) is 21.0. The number of carbonyl (C=O) groups excluding carboxylic acids is 2. The van der Waals surface area contributed by atoms with E-state index in [1.54, 1.807) is 27.8 Å². The molecular weight excluding hydrogens is 374 g/mol. The maximum absolute atomic E-state index is 12.9. The van der Waals surface area contributed by atoms with Crippen molar-refractivity contribution in [3.05, 3.63) is 46.8 Å². The summed E-state index contributed by atoms with van der Waals surface area (Å²) in [5.41, 5.74) is 0.634. The standard InChI is InChI=1S/C21H25N3O5/c1-15(25)24(14-21(28)29)16-5-4-10-22(11-8-16)20(27)13-23-12-9-19(26)17-6-2-3-7-18(17)23/h2-3,6-7,9,12,16H,4-5,8,10-11,13-14H2,1H3,(H,28,29). The van der Waals surface area contributed by atoms with Gasteiger partial charge >= 0.3 is 5.97 Å². The number of hydrogen-bond acceptors (Lipinski definition) is 4. The van der Waals surface area contributed by atoms with E-state index in [2.05, 4.69) is 0 Å². The lowest BCUT2D eigenvalue weighted by atomic mass is 10.1. The zero-order valence-electron chi connectivity index (χ0n) is 16.4. The van der Waals surface area contributed by atoms with E-state index >= 15 is 0 Å². The number of likely N-dealkylation sites (tertiary alicyclic amines) is 1. The smallest absolute Gasteiger partial charge is 0.323 e. The Labute approximate surface area is 168 Å². The summed E-state index contributed by atoms with van der Waals surface area (Å²) >= 11 is 0. The lowest BCUT2D eigenvalue weighted by Gasteiger charge is -2.29. The number of aromatic nitrogens is 1. The van der Waals surface area contributed by atoms with Crippen molar-refractivity contribution >= 4 is 28.7 Å². The van der Waals surface area contributed by atoms with Crippen molar-refractivity contribution in [3.63, 3.8) is 0 Å². The molecule has 1 N–H and O–H groups in total. The van der Waals surface area contributed by atoms with Gasteiger partial charge in [-0.3, -0.25) is 19.2 Å². The molecule has 1 aromatic carbocycles. The lowest BCUT2D eigenvalue weighted by molar-refractivity contribution is -0.145. The third-order valence-corrected chi connectivity index (χ3v) is 5.39. The zero-order valence-corrected chi connectivity index (χ0v) is 16.4. The van der Waals surface area contributed by atoms with Gasteiger partial charge in [-0.25, -0.2) is 0 Å². The van der Waals surface area contributed by atoms with Crippen molar-refractivity contribution in [3.8, 4) is 0 Å². The second-order valence-corrected chi connectivity index (χ2v) is 7.33. The average molecular weight is 399 g/mol. The van der Waals surface area contributed by atoms with Gasteiger partial charge in [-0.1, -0.05) is 12.1 Å². The molecule has 1 aliphatic heterocycles. The first-order valence-electron chi connectivity index (χ1n) is 9.72. The summed E-state index contributed by atoms with van der Waals surface area (Å²) < 4.78 is 1.77. The monoisotopic (exact) mass is 399 g/mol. The van der Waals surface area contributed by atoms with E-state index in [1.807, 2.05) is 12.1 Å². The minimum absolute atomic E-state index is 0.0629. The van der Waals surface area contributed by atoms with Gasteiger partial charge in [0, 0.05) is 43.7 Å². The molecule has 1 unspecified atom stereocenters. The number of benzene rings is 1. The summed E-state index contributed by atoms with van der Waals surface area (Å²) in [5, 5.41) is 9.63. The summed E-state index contributed by atoms with van der Waals surface area (Å²) in [6.07, 6.45) is 3.54. The molecule has 1 aromatic heterocycles. The van der Waals surface area contributed by atoms with Gasteiger partial charge in [0.05, 0.1) is 5.52 Å². The fourth-order valence-corrected chi connectivity index (χ4v) is 3.93. The molecule has 1 fully saturated rings. The van der Waals surface area contributed by atoms with Gasteiger partial charge in [0.2, 0.25) is 11.8 Å². The molecule has 3 rings (SSSR count). The van der Waals surface area contributed by atoms with E-state index in [4.69, 9.17) is 5.11 Å². The molecule has 2 heterocycles. The van der Waals surface area contributed by atoms with Crippen LogP contribution >= 0.6 is 0 Å². The summed E-state index contributed by atoms with van der Waals surface area (Å²) in [6.45, 7) is 2.20. The first-order valence-corrected chi connectivity index (χ1v) is 9.72. The van der Waals surface area contributed by atoms with Crippen molar-refractivity contribution < 1.29 is 19.5 Å². The Morgan fingerprint density at radius 1 is 1.14 bits per heavy atom. The topological polar surface area (TPSA) is 99.9 Å². The van der Waals surface area contributed by atoms with Crippen LogP contribution in [0.15, 0.2) is 41.3 Å². The Morgan fingerprint density at radius 2 is 1.90 bits per heavy atom. The molecule has 1 aliphatic rings.